The molecule has 0 aliphatic heterocycles. The van der Waals surface area contributed by atoms with Gasteiger partial charge in [0.2, 0.25) is 5.91 Å². The Morgan fingerprint density at radius 2 is 2.22 bits per heavy atom. The molecule has 0 radical (unpaired) electrons. The van der Waals surface area contributed by atoms with Crippen LogP contribution in [0.3, 0.4) is 0 Å². The van der Waals surface area contributed by atoms with E-state index < -0.39 is 0 Å². The maximum atomic E-state index is 11.7. The zero-order chi connectivity index (χ0) is 13.4. The summed E-state index contributed by atoms with van der Waals surface area (Å²) in [5.74, 6) is -0.00938. The van der Waals surface area contributed by atoms with Crippen molar-refractivity contribution in [2.45, 2.75) is 6.42 Å². The lowest BCUT2D eigenvalue weighted by atomic mass is 10.2. The molecule has 1 amide bonds. The molecule has 0 aromatic heterocycles. The van der Waals surface area contributed by atoms with Gasteiger partial charge in [-0.1, -0.05) is 6.07 Å². The lowest BCUT2D eigenvalue weighted by molar-refractivity contribution is -0.116. The van der Waals surface area contributed by atoms with Crippen LogP contribution in [0.4, 0.5) is 11.4 Å². The molecule has 0 saturated heterocycles. The molecule has 0 unspecified atom stereocenters. The number of nitrogens with two attached hydrogens (primary N) is 1. The van der Waals surface area contributed by atoms with Crippen LogP contribution in [0.5, 0.6) is 0 Å². The number of anilines is 2. The van der Waals surface area contributed by atoms with E-state index in [0.717, 1.165) is 12.2 Å². The van der Waals surface area contributed by atoms with E-state index in [4.69, 9.17) is 10.5 Å². The fraction of sp³-hybridized carbons (Fsp3) is 0.462. The number of rotatable bonds is 7. The average molecular weight is 251 g/mol. The fourth-order valence-corrected chi connectivity index (χ4v) is 1.49. The second kappa shape index (κ2) is 7.68. The minimum atomic E-state index is -0.00938. The number of ether oxygens (including phenoxy) is 1. The Balaban J connectivity index is 2.29. The molecule has 5 heteroatoms. The van der Waals surface area contributed by atoms with Crippen LogP contribution in [0, 0.1) is 0 Å². The lowest BCUT2D eigenvalue weighted by Crippen LogP contribution is -2.27. The summed E-state index contributed by atoms with van der Waals surface area (Å²) >= 11 is 0. The van der Waals surface area contributed by atoms with Crippen LogP contribution in [0.15, 0.2) is 24.3 Å². The molecule has 0 aliphatic carbocycles. The number of carbonyl (C=O) groups is 1. The van der Waals surface area contributed by atoms with Crippen molar-refractivity contribution in [1.29, 1.82) is 0 Å². The first-order chi connectivity index (χ1) is 8.61. The third kappa shape index (κ3) is 5.65. The highest BCUT2D eigenvalue weighted by atomic mass is 16.5. The van der Waals surface area contributed by atoms with Gasteiger partial charge in [0.05, 0.1) is 6.61 Å². The largest absolute Gasteiger partial charge is 0.399 e. The van der Waals surface area contributed by atoms with Crippen LogP contribution >= 0.6 is 0 Å². The van der Waals surface area contributed by atoms with E-state index >= 15 is 0 Å². The molecular weight excluding hydrogens is 230 g/mol. The molecule has 0 saturated carbocycles. The topological polar surface area (TPSA) is 67.6 Å². The third-order valence-electron chi connectivity index (χ3n) is 2.57. The number of nitrogens with zero attached hydrogens (tertiary/aromatic N) is 1. The quantitative estimate of drug-likeness (QED) is 0.714. The summed E-state index contributed by atoms with van der Waals surface area (Å²) in [4.78, 5) is 13.8. The van der Waals surface area contributed by atoms with Crippen LogP contribution < -0.4 is 11.1 Å². The van der Waals surface area contributed by atoms with E-state index in [2.05, 4.69) is 10.2 Å². The Morgan fingerprint density at radius 1 is 1.44 bits per heavy atom. The minimum Gasteiger partial charge on any atom is -0.399 e. The Bertz CT molecular complexity index is 382. The summed E-state index contributed by atoms with van der Waals surface area (Å²) in [6.45, 7) is 2.20. The SMILES string of the molecule is COCCN(C)CCC(=O)Nc1cccc(N)c1. The van der Waals surface area contributed by atoms with Crippen molar-refractivity contribution in [1.82, 2.24) is 4.90 Å². The molecule has 0 atom stereocenters. The van der Waals surface area contributed by atoms with E-state index in [-0.39, 0.29) is 5.91 Å². The molecule has 5 nitrogen and oxygen atoms in total. The number of methoxy groups -OCH3 is 1. The van der Waals surface area contributed by atoms with E-state index in [1.807, 2.05) is 19.2 Å². The van der Waals surface area contributed by atoms with Gasteiger partial charge in [-0.3, -0.25) is 4.79 Å². The van der Waals surface area contributed by atoms with E-state index in [0.29, 0.717) is 25.3 Å². The zero-order valence-corrected chi connectivity index (χ0v) is 11.0. The summed E-state index contributed by atoms with van der Waals surface area (Å²) < 4.78 is 4.97. The highest BCUT2D eigenvalue weighted by molar-refractivity contribution is 5.91. The fourth-order valence-electron chi connectivity index (χ4n) is 1.49. The summed E-state index contributed by atoms with van der Waals surface area (Å²) in [5, 5.41) is 2.82. The molecule has 1 aromatic rings. The standard InChI is InChI=1S/C13H21N3O2/c1-16(8-9-18-2)7-6-13(17)15-12-5-3-4-11(14)10-12/h3-5,10H,6-9,14H2,1-2H3,(H,15,17). The molecule has 0 spiro atoms. The van der Waals surface area contributed by atoms with Gasteiger partial charge in [-0.2, -0.15) is 0 Å². The Hall–Kier alpha value is -1.59. The van der Waals surface area contributed by atoms with Gasteiger partial charge in [-0.15, -0.1) is 0 Å². The molecule has 100 valence electrons. The Morgan fingerprint density at radius 3 is 2.89 bits per heavy atom. The number of amides is 1. The highest BCUT2D eigenvalue weighted by Crippen LogP contribution is 2.11. The maximum Gasteiger partial charge on any atom is 0.225 e. The normalized spacial score (nSPS) is 10.6. The third-order valence-corrected chi connectivity index (χ3v) is 2.57. The average Bonchev–Trinajstić information content (AvgIpc) is 2.34. The molecule has 0 bridgehead atoms. The predicted molar refractivity (Wildman–Crippen MR) is 73.5 cm³/mol. The van der Waals surface area contributed by atoms with Gasteiger partial charge in [0, 0.05) is 38.0 Å². The lowest BCUT2D eigenvalue weighted by Gasteiger charge is -2.15. The number of benzene rings is 1. The summed E-state index contributed by atoms with van der Waals surface area (Å²) in [6, 6.07) is 7.17. The summed E-state index contributed by atoms with van der Waals surface area (Å²) in [7, 11) is 3.63. The van der Waals surface area contributed by atoms with Gasteiger partial charge in [-0.25, -0.2) is 0 Å². The van der Waals surface area contributed by atoms with Crippen molar-refractivity contribution in [2.24, 2.45) is 0 Å². The van der Waals surface area contributed by atoms with Crippen molar-refractivity contribution in [3.05, 3.63) is 24.3 Å². The van der Waals surface area contributed by atoms with Gasteiger partial charge in [0.25, 0.3) is 0 Å². The zero-order valence-electron chi connectivity index (χ0n) is 11.0. The number of carbonyl (C=O) groups excluding carboxylic acids is 1. The van der Waals surface area contributed by atoms with Crippen LogP contribution in [-0.2, 0) is 9.53 Å². The number of hydrogen-bond acceptors (Lipinski definition) is 4. The predicted octanol–water partition coefficient (Wildman–Crippen LogP) is 1.18. The first-order valence-electron chi connectivity index (χ1n) is 5.94. The van der Waals surface area contributed by atoms with Gasteiger partial charge in [0.1, 0.15) is 0 Å². The molecule has 1 rings (SSSR count). The molecule has 3 N–H and O–H groups in total. The molecular formula is C13H21N3O2. The summed E-state index contributed by atoms with van der Waals surface area (Å²) in [6.07, 6.45) is 0.453. The van der Waals surface area contributed by atoms with Gasteiger partial charge < -0.3 is 20.7 Å². The van der Waals surface area contributed by atoms with Gasteiger partial charge in [-0.05, 0) is 25.2 Å². The molecule has 1 aromatic carbocycles. The van der Waals surface area contributed by atoms with E-state index in [9.17, 15) is 4.79 Å². The van der Waals surface area contributed by atoms with Gasteiger partial charge >= 0.3 is 0 Å². The number of hydrogen-bond donors (Lipinski definition) is 2. The van der Waals surface area contributed by atoms with E-state index in [1.165, 1.54) is 0 Å². The number of nitrogens with one attached hydrogen (secondary N) is 1. The van der Waals surface area contributed by atoms with Crippen molar-refractivity contribution >= 4 is 17.3 Å². The number of likely N-dealkylation sites (N-methyl/N-ethyl adjacent to an activating group) is 1. The van der Waals surface area contributed by atoms with Crippen LogP contribution in [0.2, 0.25) is 0 Å². The Kier molecular flexibility index (Phi) is 6.18. The minimum absolute atomic E-state index is 0.00938. The second-order valence-corrected chi connectivity index (χ2v) is 4.22. The molecule has 0 heterocycles. The van der Waals surface area contributed by atoms with E-state index in [1.54, 1.807) is 19.2 Å². The van der Waals surface area contributed by atoms with Crippen molar-refractivity contribution < 1.29 is 9.53 Å². The van der Waals surface area contributed by atoms with Crippen molar-refractivity contribution in [3.8, 4) is 0 Å². The second-order valence-electron chi connectivity index (χ2n) is 4.22. The highest BCUT2D eigenvalue weighted by Gasteiger charge is 2.05. The Labute approximate surface area is 108 Å². The number of nitrogen functional groups attached to an aromatic ring is 1. The monoisotopic (exact) mass is 251 g/mol. The molecule has 0 fully saturated rings. The maximum absolute atomic E-state index is 11.7. The first kappa shape index (κ1) is 14.5. The first-order valence-corrected chi connectivity index (χ1v) is 5.94. The van der Waals surface area contributed by atoms with Gasteiger partial charge in [0.15, 0.2) is 0 Å². The molecule has 0 aliphatic rings. The van der Waals surface area contributed by atoms with Crippen LogP contribution in [0.25, 0.3) is 0 Å². The van der Waals surface area contributed by atoms with Crippen LogP contribution in [0.1, 0.15) is 6.42 Å². The summed E-state index contributed by atoms with van der Waals surface area (Å²) in [5.41, 5.74) is 7.02. The molecule has 18 heavy (non-hydrogen) atoms. The van der Waals surface area contributed by atoms with Crippen molar-refractivity contribution in [2.75, 3.05) is 44.9 Å². The van der Waals surface area contributed by atoms with Crippen LogP contribution in [-0.4, -0.2) is 44.7 Å². The smallest absolute Gasteiger partial charge is 0.225 e. The van der Waals surface area contributed by atoms with Crippen molar-refractivity contribution in [3.63, 3.8) is 0 Å².